The molecule has 3 heterocycles. The average molecular weight is 298 g/mol. The van der Waals surface area contributed by atoms with Crippen molar-refractivity contribution in [2.75, 3.05) is 24.5 Å². The van der Waals surface area contributed by atoms with E-state index in [-0.39, 0.29) is 5.82 Å². The van der Waals surface area contributed by atoms with Crippen molar-refractivity contribution in [1.29, 1.82) is 5.26 Å². The fourth-order valence-electron chi connectivity index (χ4n) is 4.03. The van der Waals surface area contributed by atoms with Crippen molar-refractivity contribution in [1.82, 2.24) is 10.3 Å². The zero-order valence-corrected chi connectivity index (χ0v) is 12.6. The van der Waals surface area contributed by atoms with Crippen molar-refractivity contribution in [3.8, 4) is 6.07 Å². The van der Waals surface area contributed by atoms with Crippen molar-refractivity contribution in [2.45, 2.75) is 25.8 Å². The van der Waals surface area contributed by atoms with Crippen LogP contribution in [0.2, 0.25) is 0 Å². The number of aryl methyl sites for hydroxylation is 1. The van der Waals surface area contributed by atoms with Gasteiger partial charge in [-0.1, -0.05) is 0 Å². The number of hydrogen-bond donors (Lipinski definition) is 2. The molecule has 1 aromatic heterocycles. The van der Waals surface area contributed by atoms with E-state index >= 15 is 0 Å². The van der Waals surface area contributed by atoms with Gasteiger partial charge in [0.2, 0.25) is 0 Å². The van der Waals surface area contributed by atoms with Gasteiger partial charge in [0.25, 0.3) is 0 Å². The summed E-state index contributed by atoms with van der Waals surface area (Å²) in [5.41, 5.74) is 2.72. The van der Waals surface area contributed by atoms with E-state index in [1.165, 1.54) is 12.5 Å². The molecule has 0 amide bonds. The lowest BCUT2D eigenvalue weighted by Gasteiger charge is -2.37. The molecule has 2 N–H and O–H groups in total. The second-order valence-electron chi connectivity index (χ2n) is 6.45. The molecule has 2 unspecified atom stereocenters. The first-order chi connectivity index (χ1) is 10.7. The smallest absolute Gasteiger partial charge is 0.148 e. The van der Waals surface area contributed by atoms with Crippen molar-refractivity contribution >= 4 is 16.6 Å². The van der Waals surface area contributed by atoms with Crippen LogP contribution in [-0.4, -0.2) is 30.7 Å². The summed E-state index contributed by atoms with van der Waals surface area (Å²) in [7, 11) is 0. The van der Waals surface area contributed by atoms with Crippen LogP contribution in [0.25, 0.3) is 10.9 Å². The third kappa shape index (κ3) is 1.98. The summed E-state index contributed by atoms with van der Waals surface area (Å²) in [6, 6.07) is 5.86. The van der Waals surface area contributed by atoms with Crippen LogP contribution in [0.3, 0.4) is 0 Å². The van der Waals surface area contributed by atoms with Crippen LogP contribution in [0.5, 0.6) is 0 Å². The maximum Gasteiger partial charge on any atom is 0.148 e. The molecule has 22 heavy (non-hydrogen) atoms. The molecule has 114 valence electrons. The van der Waals surface area contributed by atoms with Gasteiger partial charge in [0, 0.05) is 30.2 Å². The van der Waals surface area contributed by atoms with E-state index in [1.807, 2.05) is 13.0 Å². The highest BCUT2D eigenvalue weighted by molar-refractivity contribution is 5.97. The summed E-state index contributed by atoms with van der Waals surface area (Å²) >= 11 is 0. The molecule has 2 atom stereocenters. The largest absolute Gasteiger partial charge is 0.367 e. The number of benzene rings is 1. The Hall–Kier alpha value is -2.06. The molecule has 4 nitrogen and oxygen atoms in total. The van der Waals surface area contributed by atoms with Crippen LogP contribution in [0.1, 0.15) is 24.1 Å². The van der Waals surface area contributed by atoms with Gasteiger partial charge in [0.15, 0.2) is 0 Å². The number of anilines is 1. The van der Waals surface area contributed by atoms with Crippen LogP contribution in [0.4, 0.5) is 10.1 Å². The Morgan fingerprint density at radius 1 is 1.36 bits per heavy atom. The van der Waals surface area contributed by atoms with E-state index < -0.39 is 0 Å². The van der Waals surface area contributed by atoms with Crippen LogP contribution >= 0.6 is 0 Å². The molecule has 5 heteroatoms. The highest BCUT2D eigenvalue weighted by Crippen LogP contribution is 2.36. The molecule has 2 saturated heterocycles. The Kier molecular flexibility index (Phi) is 3.08. The molecule has 2 fully saturated rings. The molecule has 0 aliphatic carbocycles. The highest BCUT2D eigenvalue weighted by Gasteiger charge is 2.34. The summed E-state index contributed by atoms with van der Waals surface area (Å²) in [5, 5.41) is 13.6. The SMILES string of the molecule is Cc1cc2c(N3CCC4CCNC4C3)c(F)cc(C#N)c2[nH]1. The van der Waals surface area contributed by atoms with Gasteiger partial charge in [-0.2, -0.15) is 5.26 Å². The zero-order valence-electron chi connectivity index (χ0n) is 12.6. The van der Waals surface area contributed by atoms with Gasteiger partial charge in [0.1, 0.15) is 11.9 Å². The van der Waals surface area contributed by atoms with Gasteiger partial charge in [-0.05, 0) is 44.4 Å². The maximum atomic E-state index is 14.7. The molecular weight excluding hydrogens is 279 g/mol. The van der Waals surface area contributed by atoms with Gasteiger partial charge in [0.05, 0.1) is 16.8 Å². The lowest BCUT2D eigenvalue weighted by molar-refractivity contribution is 0.372. The molecule has 2 aliphatic rings. The Morgan fingerprint density at radius 2 is 2.23 bits per heavy atom. The first-order valence-electron chi connectivity index (χ1n) is 7.87. The van der Waals surface area contributed by atoms with E-state index in [1.54, 1.807) is 0 Å². The van der Waals surface area contributed by atoms with Crippen LogP contribution in [-0.2, 0) is 0 Å². The van der Waals surface area contributed by atoms with Crippen LogP contribution in [0, 0.1) is 30.0 Å². The molecule has 2 aromatic rings. The maximum absolute atomic E-state index is 14.7. The fourth-order valence-corrected chi connectivity index (χ4v) is 4.03. The van der Waals surface area contributed by atoms with Gasteiger partial charge < -0.3 is 15.2 Å². The summed E-state index contributed by atoms with van der Waals surface area (Å²) in [6.45, 7) is 4.73. The van der Waals surface area contributed by atoms with Gasteiger partial charge in [-0.25, -0.2) is 4.39 Å². The molecule has 0 spiro atoms. The monoisotopic (exact) mass is 298 g/mol. The Morgan fingerprint density at radius 3 is 3.05 bits per heavy atom. The minimum absolute atomic E-state index is 0.292. The Balaban J connectivity index is 1.81. The number of nitriles is 1. The number of piperidine rings is 1. The first-order valence-corrected chi connectivity index (χ1v) is 7.87. The molecule has 2 aliphatic heterocycles. The third-order valence-corrected chi connectivity index (χ3v) is 5.09. The molecule has 0 bridgehead atoms. The second kappa shape index (κ2) is 4.99. The number of aromatic amines is 1. The van der Waals surface area contributed by atoms with Crippen molar-refractivity contribution in [2.24, 2.45) is 5.92 Å². The minimum atomic E-state index is -0.292. The summed E-state index contributed by atoms with van der Waals surface area (Å²) in [6.07, 6.45) is 2.33. The van der Waals surface area contributed by atoms with Crippen molar-refractivity contribution in [3.63, 3.8) is 0 Å². The molecule has 0 radical (unpaired) electrons. The zero-order chi connectivity index (χ0) is 15.3. The van der Waals surface area contributed by atoms with Crippen LogP contribution in [0.15, 0.2) is 12.1 Å². The van der Waals surface area contributed by atoms with E-state index in [2.05, 4.69) is 21.3 Å². The lowest BCUT2D eigenvalue weighted by atomic mass is 9.92. The number of nitrogens with one attached hydrogen (secondary N) is 2. The standard InChI is InChI=1S/C17H19FN4/c1-10-6-13-16(21-10)12(8-19)7-14(18)17(13)22-5-3-11-2-4-20-15(11)9-22/h6-7,11,15,20-21H,2-5,9H2,1H3. The summed E-state index contributed by atoms with van der Waals surface area (Å²) in [4.78, 5) is 5.34. The number of rotatable bonds is 1. The van der Waals surface area contributed by atoms with Gasteiger partial charge in [-0.3, -0.25) is 0 Å². The first kappa shape index (κ1) is 13.6. The number of halogens is 1. The predicted molar refractivity (Wildman–Crippen MR) is 84.4 cm³/mol. The molecule has 4 rings (SSSR count). The van der Waals surface area contributed by atoms with E-state index in [4.69, 9.17) is 0 Å². The molecular formula is C17H19FN4. The highest BCUT2D eigenvalue weighted by atomic mass is 19.1. The van der Waals surface area contributed by atoms with E-state index in [9.17, 15) is 9.65 Å². The Labute approximate surface area is 128 Å². The fraction of sp³-hybridized carbons (Fsp3) is 0.471. The number of nitrogens with zero attached hydrogens (tertiary/aromatic N) is 2. The lowest BCUT2D eigenvalue weighted by Crippen LogP contribution is -2.46. The van der Waals surface area contributed by atoms with Gasteiger partial charge in [-0.15, -0.1) is 0 Å². The van der Waals surface area contributed by atoms with Crippen LogP contribution < -0.4 is 10.2 Å². The summed E-state index contributed by atoms with van der Waals surface area (Å²) in [5.74, 6) is 0.431. The third-order valence-electron chi connectivity index (χ3n) is 5.09. The molecule has 1 aromatic carbocycles. The number of hydrogen-bond acceptors (Lipinski definition) is 3. The number of fused-ring (bicyclic) bond motifs is 2. The van der Waals surface area contributed by atoms with Crippen molar-refractivity contribution in [3.05, 3.63) is 29.2 Å². The van der Waals surface area contributed by atoms with Gasteiger partial charge >= 0.3 is 0 Å². The normalized spacial score (nSPS) is 24.5. The second-order valence-corrected chi connectivity index (χ2v) is 6.45. The Bertz CT molecular complexity index is 773. The van der Waals surface area contributed by atoms with Crippen molar-refractivity contribution < 1.29 is 4.39 Å². The predicted octanol–water partition coefficient (Wildman–Crippen LogP) is 2.68. The van der Waals surface area contributed by atoms with E-state index in [0.717, 1.165) is 48.6 Å². The average Bonchev–Trinajstić information content (AvgIpc) is 3.11. The molecule has 0 saturated carbocycles. The quantitative estimate of drug-likeness (QED) is 0.851. The summed E-state index contributed by atoms with van der Waals surface area (Å²) < 4.78 is 14.7. The minimum Gasteiger partial charge on any atom is -0.367 e. The number of H-pyrrole nitrogens is 1. The topological polar surface area (TPSA) is 54.9 Å². The number of aromatic nitrogens is 1. The van der Waals surface area contributed by atoms with E-state index in [0.29, 0.717) is 17.3 Å².